The maximum atomic E-state index is 13.5. The normalized spacial score (nSPS) is 17.7. The van der Waals surface area contributed by atoms with E-state index in [4.69, 9.17) is 5.73 Å². The fraction of sp³-hybridized carbons (Fsp3) is 0.400. The van der Waals surface area contributed by atoms with E-state index in [0.717, 1.165) is 27.7 Å². The zero-order valence-corrected chi connectivity index (χ0v) is 17.2. The Morgan fingerprint density at radius 3 is 2.97 bits per heavy atom. The van der Waals surface area contributed by atoms with Crippen LogP contribution in [0.25, 0.3) is 10.2 Å². The lowest BCUT2D eigenvalue weighted by molar-refractivity contribution is 0.0784. The van der Waals surface area contributed by atoms with E-state index in [9.17, 15) is 9.18 Å². The summed E-state index contributed by atoms with van der Waals surface area (Å²) in [6.45, 7) is 5.77. The number of halogens is 1. The van der Waals surface area contributed by atoms with Gasteiger partial charge in [0.2, 0.25) is 5.95 Å². The Labute approximate surface area is 172 Å². The quantitative estimate of drug-likeness (QED) is 0.666. The van der Waals surface area contributed by atoms with Gasteiger partial charge in [-0.3, -0.25) is 9.78 Å². The van der Waals surface area contributed by atoms with E-state index in [0.29, 0.717) is 42.8 Å². The third-order valence-corrected chi connectivity index (χ3v) is 6.22. The molecule has 0 aromatic carbocycles. The van der Waals surface area contributed by atoms with Gasteiger partial charge in [-0.25, -0.2) is 14.4 Å². The van der Waals surface area contributed by atoms with Crippen LogP contribution in [0.4, 0.5) is 10.3 Å². The summed E-state index contributed by atoms with van der Waals surface area (Å²) in [6, 6.07) is 3.10. The number of pyridine rings is 1. The number of nitrogens with zero attached hydrogens (tertiary/aromatic N) is 4. The molecule has 152 valence electrons. The second-order valence-corrected chi connectivity index (χ2v) is 8.67. The third kappa shape index (κ3) is 4.06. The summed E-state index contributed by atoms with van der Waals surface area (Å²) < 4.78 is 14.3. The molecule has 3 aromatic rings. The minimum atomic E-state index is -0.402. The number of carbonyl (C=O) groups excluding carboxylic acids is 1. The van der Waals surface area contributed by atoms with Gasteiger partial charge >= 0.3 is 0 Å². The molecule has 4 heterocycles. The molecule has 3 N–H and O–H groups in total. The largest absolute Gasteiger partial charge is 0.348 e. The van der Waals surface area contributed by atoms with Crippen molar-refractivity contribution >= 4 is 33.4 Å². The van der Waals surface area contributed by atoms with E-state index in [1.54, 1.807) is 6.20 Å². The number of anilines is 1. The summed E-state index contributed by atoms with van der Waals surface area (Å²) in [5, 5.41) is 3.18. The summed E-state index contributed by atoms with van der Waals surface area (Å²) in [5.74, 6) is 0.170. The van der Waals surface area contributed by atoms with Crippen molar-refractivity contribution < 1.29 is 9.18 Å². The molecule has 0 bridgehead atoms. The number of amides is 1. The Kier molecular flexibility index (Phi) is 5.42. The van der Waals surface area contributed by atoms with E-state index in [1.807, 2.05) is 24.8 Å². The van der Waals surface area contributed by atoms with Gasteiger partial charge < -0.3 is 16.0 Å². The van der Waals surface area contributed by atoms with Crippen molar-refractivity contribution in [3.8, 4) is 0 Å². The first-order chi connectivity index (χ1) is 13.9. The number of aromatic nitrogens is 3. The van der Waals surface area contributed by atoms with Gasteiger partial charge in [0, 0.05) is 24.2 Å². The van der Waals surface area contributed by atoms with Crippen LogP contribution in [0.1, 0.15) is 40.3 Å². The van der Waals surface area contributed by atoms with E-state index in [2.05, 4.69) is 20.3 Å². The number of aryl methyl sites for hydroxylation is 1. The smallest absolute Gasteiger partial charge is 0.274 e. The Balaban J connectivity index is 1.66. The monoisotopic (exact) mass is 414 g/mol. The minimum Gasteiger partial charge on any atom is -0.348 e. The molecule has 3 aromatic heterocycles. The number of hydrogen-bond acceptors (Lipinski definition) is 7. The highest BCUT2D eigenvalue weighted by Gasteiger charge is 2.29. The van der Waals surface area contributed by atoms with Gasteiger partial charge in [-0.2, -0.15) is 0 Å². The number of thiophene rings is 1. The van der Waals surface area contributed by atoms with Crippen LogP contribution in [0.5, 0.6) is 0 Å². The minimum absolute atomic E-state index is 0.0988. The van der Waals surface area contributed by atoms with Gasteiger partial charge in [0.05, 0.1) is 22.5 Å². The van der Waals surface area contributed by atoms with Crippen molar-refractivity contribution in [2.24, 2.45) is 11.7 Å². The Bertz CT molecular complexity index is 1050. The fourth-order valence-electron chi connectivity index (χ4n) is 3.56. The van der Waals surface area contributed by atoms with E-state index in [1.165, 1.54) is 17.4 Å². The highest BCUT2D eigenvalue weighted by Crippen LogP contribution is 2.30. The Hall–Kier alpha value is -2.65. The van der Waals surface area contributed by atoms with Gasteiger partial charge in [0.15, 0.2) is 5.69 Å². The van der Waals surface area contributed by atoms with Crippen LogP contribution in [0.3, 0.4) is 0 Å². The van der Waals surface area contributed by atoms with Gasteiger partial charge in [-0.15, -0.1) is 11.3 Å². The summed E-state index contributed by atoms with van der Waals surface area (Å²) in [6.07, 6.45) is 3.67. The fourth-order valence-corrected chi connectivity index (χ4v) is 4.49. The molecule has 1 unspecified atom stereocenters. The van der Waals surface area contributed by atoms with Crippen molar-refractivity contribution in [3.05, 3.63) is 46.5 Å². The molecule has 1 saturated heterocycles. The average molecular weight is 415 g/mol. The first-order valence-electron chi connectivity index (χ1n) is 9.59. The predicted molar refractivity (Wildman–Crippen MR) is 111 cm³/mol. The molecule has 1 amide bonds. The molecule has 9 heteroatoms. The highest BCUT2D eigenvalue weighted by molar-refractivity contribution is 7.19. The maximum Gasteiger partial charge on any atom is 0.274 e. The lowest BCUT2D eigenvalue weighted by Crippen LogP contribution is -2.30. The van der Waals surface area contributed by atoms with Crippen LogP contribution in [-0.2, 0) is 0 Å². The molecule has 0 radical (unpaired) electrons. The van der Waals surface area contributed by atoms with Gasteiger partial charge in [-0.05, 0) is 50.4 Å². The first-order valence-corrected chi connectivity index (χ1v) is 10.4. The number of fused-ring (bicyclic) bond motifs is 1. The lowest BCUT2D eigenvalue weighted by Gasteiger charge is -2.18. The third-order valence-electron chi connectivity index (χ3n) is 5.18. The van der Waals surface area contributed by atoms with Gasteiger partial charge in [0.25, 0.3) is 5.91 Å². The van der Waals surface area contributed by atoms with Crippen molar-refractivity contribution in [1.29, 1.82) is 0 Å². The van der Waals surface area contributed by atoms with E-state index >= 15 is 0 Å². The van der Waals surface area contributed by atoms with Crippen LogP contribution in [-0.4, -0.2) is 45.4 Å². The van der Waals surface area contributed by atoms with Crippen molar-refractivity contribution in [3.63, 3.8) is 0 Å². The number of rotatable bonds is 5. The SMILES string of the molecule is Cc1cc2nc(NC(C)c3cncc(F)c3)nc(C(=O)N3CC[C@H](CN)C3)c2s1. The van der Waals surface area contributed by atoms with Crippen molar-refractivity contribution in [2.75, 3.05) is 25.0 Å². The maximum absolute atomic E-state index is 13.5. The second kappa shape index (κ2) is 8.00. The van der Waals surface area contributed by atoms with Crippen LogP contribution in [0.15, 0.2) is 24.5 Å². The summed E-state index contributed by atoms with van der Waals surface area (Å²) in [5.41, 5.74) is 7.57. The predicted octanol–water partition coefficient (Wildman–Crippen LogP) is 3.13. The molecular formula is C20H23FN6OS. The zero-order valence-electron chi connectivity index (χ0n) is 16.4. The number of nitrogens with two attached hydrogens (primary N) is 1. The molecule has 0 aliphatic carbocycles. The molecule has 2 atom stereocenters. The molecule has 7 nitrogen and oxygen atoms in total. The number of hydrogen-bond donors (Lipinski definition) is 2. The molecule has 0 spiro atoms. The summed E-state index contributed by atoms with van der Waals surface area (Å²) >= 11 is 1.51. The van der Waals surface area contributed by atoms with E-state index in [-0.39, 0.29) is 11.9 Å². The molecule has 1 fully saturated rings. The summed E-state index contributed by atoms with van der Waals surface area (Å²) in [7, 11) is 0. The molecular weight excluding hydrogens is 391 g/mol. The van der Waals surface area contributed by atoms with Gasteiger partial charge in [-0.1, -0.05) is 0 Å². The van der Waals surface area contributed by atoms with Crippen LogP contribution in [0.2, 0.25) is 0 Å². The summed E-state index contributed by atoms with van der Waals surface area (Å²) in [4.78, 5) is 29.1. The zero-order chi connectivity index (χ0) is 20.5. The molecule has 0 saturated carbocycles. The number of likely N-dealkylation sites (tertiary alicyclic amines) is 1. The topological polar surface area (TPSA) is 97.0 Å². The Morgan fingerprint density at radius 2 is 2.24 bits per heavy atom. The molecule has 1 aliphatic heterocycles. The van der Waals surface area contributed by atoms with Crippen LogP contribution in [0, 0.1) is 18.7 Å². The standard InChI is InChI=1S/C20H23FN6OS/c1-11-5-16-18(29-11)17(19(28)27-4-3-13(7-22)10-27)26-20(25-16)24-12(2)14-6-15(21)9-23-8-14/h5-6,8-9,12-13H,3-4,7,10,22H2,1-2H3,(H,24,25,26)/t12?,13-/m1/s1. The van der Waals surface area contributed by atoms with E-state index < -0.39 is 5.82 Å². The van der Waals surface area contributed by atoms with Crippen LogP contribution >= 0.6 is 11.3 Å². The van der Waals surface area contributed by atoms with Crippen LogP contribution < -0.4 is 11.1 Å². The average Bonchev–Trinajstić information content (AvgIpc) is 3.32. The number of nitrogens with one attached hydrogen (secondary N) is 1. The molecule has 1 aliphatic rings. The molecule has 4 rings (SSSR count). The van der Waals surface area contributed by atoms with Gasteiger partial charge in [0.1, 0.15) is 5.82 Å². The van der Waals surface area contributed by atoms with Crippen molar-refractivity contribution in [1.82, 2.24) is 19.9 Å². The lowest BCUT2D eigenvalue weighted by atomic mass is 10.1. The number of carbonyl (C=O) groups is 1. The molecule has 29 heavy (non-hydrogen) atoms. The Morgan fingerprint density at radius 1 is 1.41 bits per heavy atom. The highest BCUT2D eigenvalue weighted by atomic mass is 32.1. The second-order valence-electron chi connectivity index (χ2n) is 7.41. The van der Waals surface area contributed by atoms with Crippen molar-refractivity contribution in [2.45, 2.75) is 26.3 Å². The first kappa shape index (κ1) is 19.7.